The maximum Gasteiger partial charge on any atom is 0.266 e. The number of morpholine rings is 1. The van der Waals surface area contributed by atoms with E-state index in [9.17, 15) is 9.59 Å². The fourth-order valence-electron chi connectivity index (χ4n) is 2.32. The van der Waals surface area contributed by atoms with Gasteiger partial charge in [0.25, 0.3) is 5.91 Å². The Morgan fingerprint density at radius 1 is 1.42 bits per heavy atom. The Balaban J connectivity index is 1.52. The standard InChI is InChI=1S/C15H17N3O4S2/c19-13(16-17-5-8-21-9-6-17)3-4-18-14(20)12(24-15(18)23)10-11-2-1-7-22-11/h1-2,7,10H,3-6,8-9H2,(H,16,19)/b12-10+. The van der Waals surface area contributed by atoms with Gasteiger partial charge >= 0.3 is 0 Å². The molecule has 128 valence electrons. The molecule has 2 aliphatic rings. The number of hydrazine groups is 1. The summed E-state index contributed by atoms with van der Waals surface area (Å²) >= 11 is 6.46. The lowest BCUT2D eigenvalue weighted by atomic mass is 10.3. The number of thiocarbonyl (C=S) groups is 1. The topological polar surface area (TPSA) is 75.0 Å². The number of nitrogens with one attached hydrogen (secondary N) is 1. The van der Waals surface area contributed by atoms with Crippen LogP contribution in [0.4, 0.5) is 0 Å². The van der Waals surface area contributed by atoms with E-state index in [-0.39, 0.29) is 24.8 Å². The highest BCUT2D eigenvalue weighted by molar-refractivity contribution is 8.26. The minimum absolute atomic E-state index is 0.138. The zero-order valence-corrected chi connectivity index (χ0v) is 14.5. The number of thioether (sulfide) groups is 1. The molecule has 9 heteroatoms. The summed E-state index contributed by atoms with van der Waals surface area (Å²) in [4.78, 5) is 26.4. The maximum atomic E-state index is 12.4. The van der Waals surface area contributed by atoms with Gasteiger partial charge in [-0.25, -0.2) is 5.01 Å². The van der Waals surface area contributed by atoms with E-state index in [2.05, 4.69) is 5.43 Å². The number of rotatable bonds is 5. The maximum absolute atomic E-state index is 12.4. The van der Waals surface area contributed by atoms with E-state index in [1.165, 1.54) is 16.7 Å². The Morgan fingerprint density at radius 3 is 2.92 bits per heavy atom. The zero-order valence-electron chi connectivity index (χ0n) is 12.9. The lowest BCUT2D eigenvalue weighted by molar-refractivity contribution is -0.128. The van der Waals surface area contributed by atoms with Crippen LogP contribution in [0.25, 0.3) is 6.08 Å². The molecule has 7 nitrogen and oxygen atoms in total. The average Bonchev–Trinajstić information content (AvgIpc) is 3.16. The Bertz CT molecular complexity index is 654. The number of furan rings is 1. The zero-order chi connectivity index (χ0) is 16.9. The fourth-order valence-corrected chi connectivity index (χ4v) is 3.60. The molecular weight excluding hydrogens is 350 g/mol. The summed E-state index contributed by atoms with van der Waals surface area (Å²) in [6.07, 6.45) is 3.40. The highest BCUT2D eigenvalue weighted by Gasteiger charge is 2.32. The largest absolute Gasteiger partial charge is 0.465 e. The second-order valence-corrected chi connectivity index (χ2v) is 6.91. The molecular formula is C15H17N3O4S2. The SMILES string of the molecule is O=C(CCN1C(=O)/C(=C\c2ccco2)SC1=S)NN1CCOCC1. The number of carbonyl (C=O) groups excluding carboxylic acids is 2. The molecule has 0 atom stereocenters. The lowest BCUT2D eigenvalue weighted by Gasteiger charge is -2.27. The van der Waals surface area contributed by atoms with Crippen LogP contribution in [0.1, 0.15) is 12.2 Å². The van der Waals surface area contributed by atoms with Gasteiger partial charge in [0.05, 0.1) is 24.4 Å². The highest BCUT2D eigenvalue weighted by Crippen LogP contribution is 2.32. The van der Waals surface area contributed by atoms with E-state index in [1.807, 2.05) is 5.01 Å². The number of hydrogen-bond acceptors (Lipinski definition) is 7. The molecule has 0 radical (unpaired) electrons. The summed E-state index contributed by atoms with van der Waals surface area (Å²) in [5.41, 5.74) is 2.82. The summed E-state index contributed by atoms with van der Waals surface area (Å²) < 4.78 is 10.9. The summed E-state index contributed by atoms with van der Waals surface area (Å²) in [5.74, 6) is 0.266. The van der Waals surface area contributed by atoms with E-state index < -0.39 is 0 Å². The molecule has 0 aliphatic carbocycles. The summed E-state index contributed by atoms with van der Waals surface area (Å²) in [7, 11) is 0. The van der Waals surface area contributed by atoms with Crippen LogP contribution in [0.5, 0.6) is 0 Å². The van der Waals surface area contributed by atoms with Crippen molar-refractivity contribution < 1.29 is 18.7 Å². The van der Waals surface area contributed by atoms with Gasteiger partial charge in [-0.05, 0) is 12.1 Å². The highest BCUT2D eigenvalue weighted by atomic mass is 32.2. The quantitative estimate of drug-likeness (QED) is 0.620. The van der Waals surface area contributed by atoms with Crippen molar-refractivity contribution in [1.29, 1.82) is 0 Å². The van der Waals surface area contributed by atoms with Gasteiger partial charge < -0.3 is 9.15 Å². The van der Waals surface area contributed by atoms with E-state index in [0.717, 1.165) is 0 Å². The number of nitrogens with zero attached hydrogens (tertiary/aromatic N) is 2. The smallest absolute Gasteiger partial charge is 0.266 e. The van der Waals surface area contributed by atoms with Crippen molar-refractivity contribution in [1.82, 2.24) is 15.3 Å². The number of ether oxygens (including phenoxy) is 1. The van der Waals surface area contributed by atoms with Gasteiger partial charge in [0.1, 0.15) is 10.1 Å². The molecule has 3 heterocycles. The Labute approximate surface area is 148 Å². The second-order valence-electron chi connectivity index (χ2n) is 5.23. The van der Waals surface area contributed by atoms with Crippen LogP contribution in [0.15, 0.2) is 27.7 Å². The van der Waals surface area contributed by atoms with Crippen LogP contribution in [-0.2, 0) is 14.3 Å². The molecule has 0 aromatic carbocycles. The summed E-state index contributed by atoms with van der Waals surface area (Å²) in [6, 6.07) is 3.52. The molecule has 1 N–H and O–H groups in total. The van der Waals surface area contributed by atoms with Crippen LogP contribution in [0, 0.1) is 0 Å². The number of carbonyl (C=O) groups is 2. The minimum Gasteiger partial charge on any atom is -0.465 e. The molecule has 24 heavy (non-hydrogen) atoms. The van der Waals surface area contributed by atoms with Gasteiger partial charge in [-0.2, -0.15) is 0 Å². The molecule has 2 saturated heterocycles. The Hall–Kier alpha value is -1.68. The third-order valence-corrected chi connectivity index (χ3v) is 4.92. The molecule has 2 aliphatic heterocycles. The van der Waals surface area contributed by atoms with Crippen molar-refractivity contribution >= 4 is 46.2 Å². The number of hydrogen-bond donors (Lipinski definition) is 1. The van der Waals surface area contributed by atoms with Gasteiger partial charge in [-0.1, -0.05) is 24.0 Å². The van der Waals surface area contributed by atoms with Gasteiger partial charge in [0.15, 0.2) is 0 Å². The molecule has 2 fully saturated rings. The molecule has 0 bridgehead atoms. The normalized spacial score (nSPS) is 20.8. The summed E-state index contributed by atoms with van der Waals surface area (Å²) in [5, 5.41) is 1.83. The van der Waals surface area contributed by atoms with Gasteiger partial charge in [-0.15, -0.1) is 0 Å². The first-order valence-electron chi connectivity index (χ1n) is 7.54. The average molecular weight is 367 g/mol. The first-order valence-corrected chi connectivity index (χ1v) is 8.77. The first-order chi connectivity index (χ1) is 11.6. The van der Waals surface area contributed by atoms with Gasteiger partial charge in [0, 0.05) is 32.1 Å². The van der Waals surface area contributed by atoms with Crippen molar-refractivity contribution in [2.75, 3.05) is 32.8 Å². The first kappa shape index (κ1) is 17.2. The van der Waals surface area contributed by atoms with Crippen LogP contribution < -0.4 is 5.43 Å². The lowest BCUT2D eigenvalue weighted by Crippen LogP contribution is -2.49. The molecule has 0 saturated carbocycles. The van der Waals surface area contributed by atoms with Crippen LogP contribution in [0.3, 0.4) is 0 Å². The second kappa shape index (κ2) is 7.93. The molecule has 2 amide bonds. The van der Waals surface area contributed by atoms with E-state index >= 15 is 0 Å². The van der Waals surface area contributed by atoms with Crippen molar-refractivity contribution in [3.05, 3.63) is 29.1 Å². The van der Waals surface area contributed by atoms with E-state index in [4.69, 9.17) is 21.4 Å². The monoisotopic (exact) mass is 367 g/mol. The van der Waals surface area contributed by atoms with Gasteiger partial charge in [0.2, 0.25) is 5.91 Å². The summed E-state index contributed by atoms with van der Waals surface area (Å²) in [6.45, 7) is 2.80. The van der Waals surface area contributed by atoms with Gasteiger partial charge in [-0.3, -0.25) is 19.9 Å². The third-order valence-electron chi connectivity index (χ3n) is 3.55. The number of amides is 2. The van der Waals surface area contributed by atoms with E-state index in [0.29, 0.717) is 41.3 Å². The molecule has 3 rings (SSSR count). The Morgan fingerprint density at radius 2 is 2.21 bits per heavy atom. The minimum atomic E-state index is -0.194. The van der Waals surface area contributed by atoms with E-state index in [1.54, 1.807) is 24.5 Å². The van der Waals surface area contributed by atoms with Crippen LogP contribution >= 0.6 is 24.0 Å². The van der Waals surface area contributed by atoms with Crippen molar-refractivity contribution in [2.24, 2.45) is 0 Å². The van der Waals surface area contributed by atoms with Crippen LogP contribution in [0.2, 0.25) is 0 Å². The molecule has 0 spiro atoms. The molecule has 1 aromatic rings. The predicted octanol–water partition coefficient (Wildman–Crippen LogP) is 1.23. The third kappa shape index (κ3) is 4.23. The predicted molar refractivity (Wildman–Crippen MR) is 93.7 cm³/mol. The van der Waals surface area contributed by atoms with Crippen LogP contribution in [-0.4, -0.2) is 58.9 Å². The van der Waals surface area contributed by atoms with Crippen molar-refractivity contribution in [2.45, 2.75) is 6.42 Å². The van der Waals surface area contributed by atoms with Crippen molar-refractivity contribution in [3.8, 4) is 0 Å². The Kier molecular flexibility index (Phi) is 5.67. The molecule has 1 aromatic heterocycles. The van der Waals surface area contributed by atoms with Crippen molar-refractivity contribution in [3.63, 3.8) is 0 Å². The fraction of sp³-hybridized carbons (Fsp3) is 0.400. The molecule has 0 unspecified atom stereocenters.